The van der Waals surface area contributed by atoms with E-state index in [-0.39, 0.29) is 5.82 Å². The largest absolute Gasteiger partial charge is 0.335 e. The Bertz CT molecular complexity index is 793. The Morgan fingerprint density at radius 3 is 2.21 bits per heavy atom. The van der Waals surface area contributed by atoms with E-state index in [1.807, 2.05) is 7.05 Å². The van der Waals surface area contributed by atoms with E-state index in [1.165, 1.54) is 0 Å². The number of aromatic amines is 1. The van der Waals surface area contributed by atoms with E-state index in [9.17, 15) is 22.4 Å². The second kappa shape index (κ2) is 5.17. The first-order valence-corrected chi connectivity index (χ1v) is 7.56. The van der Waals surface area contributed by atoms with E-state index in [0.29, 0.717) is 24.9 Å². The van der Waals surface area contributed by atoms with Gasteiger partial charge in [0.2, 0.25) is 0 Å². The number of benzene rings is 1. The van der Waals surface area contributed by atoms with Crippen LogP contribution in [-0.4, -0.2) is 58.9 Å². The van der Waals surface area contributed by atoms with E-state index in [4.69, 9.17) is 0 Å². The van der Waals surface area contributed by atoms with Crippen LogP contribution in [0, 0.1) is 35.1 Å². The van der Waals surface area contributed by atoms with Gasteiger partial charge in [0.25, 0.3) is 5.91 Å². The smallest absolute Gasteiger partial charge is 0.289 e. The van der Waals surface area contributed by atoms with Gasteiger partial charge >= 0.3 is 0 Å². The van der Waals surface area contributed by atoms with Crippen LogP contribution in [-0.2, 0) is 0 Å². The molecule has 1 amide bonds. The zero-order valence-corrected chi connectivity index (χ0v) is 12.7. The average molecular weight is 342 g/mol. The van der Waals surface area contributed by atoms with Crippen molar-refractivity contribution in [2.75, 3.05) is 33.2 Å². The quantitative estimate of drug-likeness (QED) is 0.488. The highest BCUT2D eigenvalue weighted by molar-refractivity contribution is 5.94. The molecule has 0 aliphatic carbocycles. The van der Waals surface area contributed by atoms with Gasteiger partial charge in [-0.05, 0) is 18.9 Å². The van der Waals surface area contributed by atoms with Crippen LogP contribution in [0.25, 0.3) is 11.0 Å². The van der Waals surface area contributed by atoms with Crippen LogP contribution in [0.1, 0.15) is 10.6 Å². The van der Waals surface area contributed by atoms with E-state index < -0.39 is 40.2 Å². The molecular formula is C15H14F4N4O. The standard InChI is InChI=1S/C15H14F4N4O/c1-22-2-6-4-23(5-7(6)3-22)15(24)14-20-12-10(18)8(16)9(17)11(19)13(12)21-14/h6-7H,2-5H2,1H3,(H,20,21)/t6-,7+. The van der Waals surface area contributed by atoms with E-state index in [0.717, 1.165) is 13.1 Å². The molecular weight excluding hydrogens is 328 g/mol. The van der Waals surface area contributed by atoms with Gasteiger partial charge < -0.3 is 14.8 Å². The molecule has 0 radical (unpaired) electrons. The van der Waals surface area contributed by atoms with Crippen molar-refractivity contribution in [3.63, 3.8) is 0 Å². The molecule has 2 fully saturated rings. The highest BCUT2D eigenvalue weighted by Crippen LogP contribution is 2.31. The van der Waals surface area contributed by atoms with Gasteiger partial charge in [-0.1, -0.05) is 0 Å². The van der Waals surface area contributed by atoms with Crippen molar-refractivity contribution in [3.05, 3.63) is 29.1 Å². The number of likely N-dealkylation sites (tertiary alicyclic amines) is 2. The Balaban J connectivity index is 1.67. The first-order valence-electron chi connectivity index (χ1n) is 7.56. The monoisotopic (exact) mass is 342 g/mol. The van der Waals surface area contributed by atoms with Crippen LogP contribution in [0.4, 0.5) is 17.6 Å². The number of halogens is 4. The predicted molar refractivity (Wildman–Crippen MR) is 76.3 cm³/mol. The number of amides is 1. The summed E-state index contributed by atoms with van der Waals surface area (Å²) in [5, 5.41) is 0. The third-order valence-electron chi connectivity index (χ3n) is 4.87. The maximum absolute atomic E-state index is 13.7. The molecule has 1 aromatic carbocycles. The molecule has 2 aliphatic rings. The molecule has 4 rings (SSSR count). The number of carbonyl (C=O) groups excluding carboxylic acids is 1. The van der Waals surface area contributed by atoms with Gasteiger partial charge in [-0.3, -0.25) is 4.79 Å². The molecule has 0 saturated carbocycles. The summed E-state index contributed by atoms with van der Waals surface area (Å²) in [5.74, 6) is -7.21. The Kier molecular flexibility index (Phi) is 3.31. The van der Waals surface area contributed by atoms with Crippen molar-refractivity contribution in [2.45, 2.75) is 0 Å². The summed E-state index contributed by atoms with van der Waals surface area (Å²) in [6.45, 7) is 2.82. The number of carbonyl (C=O) groups is 1. The molecule has 0 unspecified atom stereocenters. The highest BCUT2D eigenvalue weighted by Gasteiger charge is 2.41. The van der Waals surface area contributed by atoms with Gasteiger partial charge in [0.15, 0.2) is 29.1 Å². The maximum Gasteiger partial charge on any atom is 0.289 e. The molecule has 2 aromatic rings. The molecule has 1 aromatic heterocycles. The lowest BCUT2D eigenvalue weighted by molar-refractivity contribution is 0.0765. The maximum atomic E-state index is 13.7. The van der Waals surface area contributed by atoms with E-state index >= 15 is 0 Å². The second-order valence-corrected chi connectivity index (χ2v) is 6.52. The van der Waals surface area contributed by atoms with Crippen molar-refractivity contribution in [1.82, 2.24) is 19.8 Å². The number of imidazole rings is 1. The van der Waals surface area contributed by atoms with Crippen molar-refractivity contribution >= 4 is 16.9 Å². The highest BCUT2D eigenvalue weighted by atomic mass is 19.2. The van der Waals surface area contributed by atoms with Crippen LogP contribution in [0.3, 0.4) is 0 Å². The van der Waals surface area contributed by atoms with Gasteiger partial charge in [-0.15, -0.1) is 0 Å². The summed E-state index contributed by atoms with van der Waals surface area (Å²) in [6, 6.07) is 0. The van der Waals surface area contributed by atoms with E-state index in [1.54, 1.807) is 4.90 Å². The number of fused-ring (bicyclic) bond motifs is 2. The molecule has 3 heterocycles. The molecule has 2 saturated heterocycles. The lowest BCUT2D eigenvalue weighted by atomic mass is 10.0. The van der Waals surface area contributed by atoms with Crippen molar-refractivity contribution in [2.24, 2.45) is 11.8 Å². The summed E-state index contributed by atoms with van der Waals surface area (Å²) in [7, 11) is 2.01. The summed E-state index contributed by atoms with van der Waals surface area (Å²) in [5.41, 5.74) is -1.36. The van der Waals surface area contributed by atoms with Crippen LogP contribution in [0.15, 0.2) is 0 Å². The van der Waals surface area contributed by atoms with Gasteiger partial charge in [0, 0.05) is 26.2 Å². The number of nitrogens with one attached hydrogen (secondary N) is 1. The fraction of sp³-hybridized carbons (Fsp3) is 0.467. The summed E-state index contributed by atoms with van der Waals surface area (Å²) >= 11 is 0. The van der Waals surface area contributed by atoms with Gasteiger partial charge in [0.05, 0.1) is 0 Å². The average Bonchev–Trinajstić information content (AvgIpc) is 3.22. The van der Waals surface area contributed by atoms with E-state index in [2.05, 4.69) is 14.9 Å². The second-order valence-electron chi connectivity index (χ2n) is 6.52. The van der Waals surface area contributed by atoms with Crippen LogP contribution in [0.5, 0.6) is 0 Å². The lowest BCUT2D eigenvalue weighted by Crippen LogP contribution is -2.32. The zero-order valence-electron chi connectivity index (χ0n) is 12.7. The normalized spacial score (nSPS) is 24.1. The number of rotatable bonds is 1. The molecule has 0 bridgehead atoms. The van der Waals surface area contributed by atoms with Crippen LogP contribution in [0.2, 0.25) is 0 Å². The number of hydrogen-bond donors (Lipinski definition) is 1. The van der Waals surface area contributed by atoms with Gasteiger partial charge in [-0.25, -0.2) is 22.5 Å². The molecule has 1 N–H and O–H groups in total. The van der Waals surface area contributed by atoms with Crippen LogP contribution >= 0.6 is 0 Å². The van der Waals surface area contributed by atoms with Crippen molar-refractivity contribution in [3.8, 4) is 0 Å². The Labute approximate surface area is 134 Å². The molecule has 24 heavy (non-hydrogen) atoms. The molecule has 2 atom stereocenters. The number of aromatic nitrogens is 2. The Morgan fingerprint density at radius 2 is 1.58 bits per heavy atom. The van der Waals surface area contributed by atoms with Crippen molar-refractivity contribution in [1.29, 1.82) is 0 Å². The Morgan fingerprint density at radius 1 is 1.00 bits per heavy atom. The summed E-state index contributed by atoms with van der Waals surface area (Å²) in [4.78, 5) is 22.2. The predicted octanol–water partition coefficient (Wildman–Crippen LogP) is 1.75. The lowest BCUT2D eigenvalue weighted by Gasteiger charge is -2.18. The van der Waals surface area contributed by atoms with Gasteiger partial charge in [-0.2, -0.15) is 0 Å². The Hall–Kier alpha value is -2.16. The molecule has 128 valence electrons. The minimum Gasteiger partial charge on any atom is -0.335 e. The van der Waals surface area contributed by atoms with Crippen LogP contribution < -0.4 is 0 Å². The SMILES string of the molecule is CN1C[C@@H]2CN(C(=O)c3nc4c(F)c(F)c(F)c(F)c4[nH]3)C[C@@H]2C1. The molecule has 0 spiro atoms. The summed E-state index contributed by atoms with van der Waals surface area (Å²) in [6.07, 6.45) is 0. The number of hydrogen-bond acceptors (Lipinski definition) is 3. The topological polar surface area (TPSA) is 52.2 Å². The minimum absolute atomic E-state index is 0.318. The minimum atomic E-state index is -1.94. The molecule has 2 aliphatic heterocycles. The summed E-state index contributed by atoms with van der Waals surface area (Å²) < 4.78 is 54.0. The third-order valence-corrected chi connectivity index (χ3v) is 4.87. The molecule has 5 nitrogen and oxygen atoms in total. The van der Waals surface area contributed by atoms with Gasteiger partial charge in [0.1, 0.15) is 11.0 Å². The first-order chi connectivity index (χ1) is 11.4. The number of nitrogens with zero attached hydrogens (tertiary/aromatic N) is 3. The molecule has 9 heteroatoms. The third kappa shape index (κ3) is 2.10. The number of H-pyrrole nitrogens is 1. The zero-order chi connectivity index (χ0) is 17.2. The fourth-order valence-electron chi connectivity index (χ4n) is 3.74. The van der Waals surface area contributed by atoms with Crippen molar-refractivity contribution < 1.29 is 22.4 Å². The first kappa shape index (κ1) is 15.4. The fourth-order valence-corrected chi connectivity index (χ4v) is 3.74.